The van der Waals surface area contributed by atoms with E-state index in [1.54, 1.807) is 19.1 Å². The van der Waals surface area contributed by atoms with Crippen molar-refractivity contribution in [2.75, 3.05) is 13.2 Å². The van der Waals surface area contributed by atoms with Crippen LogP contribution in [0.3, 0.4) is 0 Å². The lowest BCUT2D eigenvalue weighted by Crippen LogP contribution is -2.49. The Bertz CT molecular complexity index is 904. The molecule has 1 atom stereocenters. The minimum absolute atomic E-state index is 0.175. The predicted octanol–water partition coefficient (Wildman–Crippen LogP) is 5.55. The van der Waals surface area contributed by atoms with Gasteiger partial charge in [-0.25, -0.2) is 0 Å². The van der Waals surface area contributed by atoms with Gasteiger partial charge >= 0.3 is 0 Å². The quantitative estimate of drug-likeness (QED) is 0.457. The summed E-state index contributed by atoms with van der Waals surface area (Å²) in [6, 6.07) is 12.5. The third-order valence-electron chi connectivity index (χ3n) is 4.93. The summed E-state index contributed by atoms with van der Waals surface area (Å²) in [4.78, 5) is 27.2. The monoisotopic (exact) mass is 508 g/mol. The molecular formula is C24H30BrClN2O3. The van der Waals surface area contributed by atoms with Crippen molar-refractivity contribution < 1.29 is 14.3 Å². The zero-order valence-electron chi connectivity index (χ0n) is 18.5. The zero-order valence-corrected chi connectivity index (χ0v) is 20.8. The van der Waals surface area contributed by atoms with Crippen LogP contribution in [0.1, 0.15) is 51.2 Å². The fourth-order valence-electron chi connectivity index (χ4n) is 3.03. The Morgan fingerprint density at radius 1 is 1.16 bits per heavy atom. The van der Waals surface area contributed by atoms with Crippen molar-refractivity contribution in [3.63, 3.8) is 0 Å². The van der Waals surface area contributed by atoms with Crippen LogP contribution in [0.5, 0.6) is 5.75 Å². The number of nitrogens with one attached hydrogen (secondary N) is 1. The van der Waals surface area contributed by atoms with E-state index in [2.05, 4.69) is 35.1 Å². The van der Waals surface area contributed by atoms with E-state index in [4.69, 9.17) is 16.3 Å². The molecule has 0 aliphatic rings. The van der Waals surface area contributed by atoms with Crippen molar-refractivity contribution in [3.05, 3.63) is 63.1 Å². The molecule has 1 unspecified atom stereocenters. The van der Waals surface area contributed by atoms with Crippen molar-refractivity contribution in [3.8, 4) is 5.75 Å². The van der Waals surface area contributed by atoms with Gasteiger partial charge in [-0.3, -0.25) is 9.59 Å². The smallest absolute Gasteiger partial charge is 0.261 e. The SMILES string of the molecule is CCCNC(=O)C(C)N(Cc1cccc(Cl)c1)C(=O)COc1ccc(C(C)C)cc1Br. The lowest BCUT2D eigenvalue weighted by molar-refractivity contribution is -0.142. The van der Waals surface area contributed by atoms with E-state index in [-0.39, 0.29) is 25.0 Å². The van der Waals surface area contributed by atoms with Gasteiger partial charge in [-0.1, -0.05) is 50.6 Å². The Labute approximate surface area is 198 Å². The first-order chi connectivity index (χ1) is 14.7. The van der Waals surface area contributed by atoms with Gasteiger partial charge in [0.05, 0.1) is 4.47 Å². The van der Waals surface area contributed by atoms with Crippen LogP contribution in [0.15, 0.2) is 46.9 Å². The van der Waals surface area contributed by atoms with Crippen LogP contribution in [-0.4, -0.2) is 35.9 Å². The van der Waals surface area contributed by atoms with E-state index in [1.165, 1.54) is 10.5 Å². The average molecular weight is 510 g/mol. The van der Waals surface area contributed by atoms with Crippen LogP contribution < -0.4 is 10.1 Å². The Morgan fingerprint density at radius 2 is 1.90 bits per heavy atom. The fourth-order valence-corrected chi connectivity index (χ4v) is 3.75. The number of nitrogens with zero attached hydrogens (tertiary/aromatic N) is 1. The summed E-state index contributed by atoms with van der Waals surface area (Å²) in [5.74, 6) is 0.504. The molecule has 0 bridgehead atoms. The zero-order chi connectivity index (χ0) is 23.0. The van der Waals surface area contributed by atoms with E-state index >= 15 is 0 Å². The van der Waals surface area contributed by atoms with Gasteiger partial charge in [-0.05, 0) is 70.6 Å². The van der Waals surface area contributed by atoms with Gasteiger partial charge in [0.2, 0.25) is 5.91 Å². The van der Waals surface area contributed by atoms with Crippen LogP contribution >= 0.6 is 27.5 Å². The molecule has 2 rings (SSSR count). The molecule has 0 saturated carbocycles. The van der Waals surface area contributed by atoms with E-state index in [9.17, 15) is 9.59 Å². The van der Waals surface area contributed by atoms with Crippen LogP contribution in [0.25, 0.3) is 0 Å². The molecule has 168 valence electrons. The number of carbonyl (C=O) groups excluding carboxylic acids is 2. The third-order valence-corrected chi connectivity index (χ3v) is 5.79. The molecule has 0 spiro atoms. The summed E-state index contributed by atoms with van der Waals surface area (Å²) in [7, 11) is 0. The van der Waals surface area contributed by atoms with Gasteiger partial charge in [0.15, 0.2) is 6.61 Å². The van der Waals surface area contributed by atoms with Gasteiger partial charge in [-0.2, -0.15) is 0 Å². The molecule has 1 N–H and O–H groups in total. The first-order valence-electron chi connectivity index (χ1n) is 10.5. The summed E-state index contributed by atoms with van der Waals surface area (Å²) in [6.07, 6.45) is 0.824. The first-order valence-corrected chi connectivity index (χ1v) is 11.6. The number of hydrogen-bond donors (Lipinski definition) is 1. The molecule has 0 radical (unpaired) electrons. The van der Waals surface area contributed by atoms with Crippen LogP contribution in [0.4, 0.5) is 0 Å². The van der Waals surface area contributed by atoms with Crippen LogP contribution in [0.2, 0.25) is 5.02 Å². The Morgan fingerprint density at radius 3 is 2.52 bits per heavy atom. The summed E-state index contributed by atoms with van der Waals surface area (Å²) >= 11 is 9.62. The number of halogens is 2. The lowest BCUT2D eigenvalue weighted by Gasteiger charge is -2.29. The molecule has 2 aromatic rings. The Hall–Kier alpha value is -2.05. The van der Waals surface area contributed by atoms with E-state index in [0.717, 1.165) is 16.5 Å². The topological polar surface area (TPSA) is 58.6 Å². The van der Waals surface area contributed by atoms with Crippen LogP contribution in [-0.2, 0) is 16.1 Å². The maximum absolute atomic E-state index is 13.1. The molecule has 7 heteroatoms. The maximum atomic E-state index is 13.1. The standard InChI is InChI=1S/C24H30BrClN2O3/c1-5-11-27-24(30)17(4)28(14-18-7-6-8-20(26)12-18)23(29)15-31-22-10-9-19(16(2)3)13-21(22)25/h6-10,12-13,16-17H,5,11,14-15H2,1-4H3,(H,27,30). The van der Waals surface area contributed by atoms with Crippen LogP contribution in [0, 0.1) is 0 Å². The van der Waals surface area contributed by atoms with Crippen molar-refractivity contribution in [1.29, 1.82) is 0 Å². The van der Waals surface area contributed by atoms with Crippen molar-refractivity contribution >= 4 is 39.3 Å². The number of hydrogen-bond acceptors (Lipinski definition) is 3. The number of carbonyl (C=O) groups is 2. The molecule has 0 aliphatic carbocycles. The summed E-state index contributed by atoms with van der Waals surface area (Å²) < 4.78 is 6.58. The van der Waals surface area contributed by atoms with Gasteiger partial charge in [0.25, 0.3) is 5.91 Å². The number of rotatable bonds is 10. The highest BCUT2D eigenvalue weighted by Gasteiger charge is 2.26. The summed E-state index contributed by atoms with van der Waals surface area (Å²) in [6.45, 7) is 8.59. The average Bonchev–Trinajstić information content (AvgIpc) is 2.74. The molecule has 0 fully saturated rings. The largest absolute Gasteiger partial charge is 0.483 e. The fraction of sp³-hybridized carbons (Fsp3) is 0.417. The third kappa shape index (κ3) is 7.54. The second kappa shape index (κ2) is 12.1. The van der Waals surface area contributed by atoms with Crippen molar-refractivity contribution in [2.45, 2.75) is 52.6 Å². The maximum Gasteiger partial charge on any atom is 0.261 e. The summed E-state index contributed by atoms with van der Waals surface area (Å²) in [5, 5.41) is 3.44. The van der Waals surface area contributed by atoms with E-state index < -0.39 is 6.04 Å². The highest BCUT2D eigenvalue weighted by Crippen LogP contribution is 2.29. The molecule has 0 aromatic heterocycles. The molecule has 5 nitrogen and oxygen atoms in total. The number of amides is 2. The summed E-state index contributed by atoms with van der Waals surface area (Å²) in [5.41, 5.74) is 2.02. The van der Waals surface area contributed by atoms with Gasteiger partial charge in [0, 0.05) is 18.1 Å². The molecule has 0 saturated heterocycles. The molecule has 2 amide bonds. The first kappa shape index (κ1) is 25.2. The number of ether oxygens (including phenoxy) is 1. The molecule has 2 aromatic carbocycles. The highest BCUT2D eigenvalue weighted by molar-refractivity contribution is 9.10. The molecule has 0 heterocycles. The Kier molecular flexibility index (Phi) is 9.85. The molecule has 0 aliphatic heterocycles. The van der Waals surface area contributed by atoms with E-state index in [1.807, 2.05) is 37.3 Å². The Balaban J connectivity index is 2.16. The van der Waals surface area contributed by atoms with Crippen molar-refractivity contribution in [2.24, 2.45) is 0 Å². The van der Waals surface area contributed by atoms with Gasteiger partial charge in [0.1, 0.15) is 11.8 Å². The molecular weight excluding hydrogens is 480 g/mol. The lowest BCUT2D eigenvalue weighted by atomic mass is 10.0. The predicted molar refractivity (Wildman–Crippen MR) is 128 cm³/mol. The second-order valence-corrected chi connectivity index (χ2v) is 9.04. The minimum atomic E-state index is -0.645. The van der Waals surface area contributed by atoms with Gasteiger partial charge in [-0.15, -0.1) is 0 Å². The normalized spacial score (nSPS) is 11.8. The minimum Gasteiger partial charge on any atom is -0.483 e. The van der Waals surface area contributed by atoms with E-state index in [0.29, 0.717) is 23.2 Å². The van der Waals surface area contributed by atoms with Crippen molar-refractivity contribution in [1.82, 2.24) is 10.2 Å². The molecule has 31 heavy (non-hydrogen) atoms. The second-order valence-electron chi connectivity index (χ2n) is 7.75. The highest BCUT2D eigenvalue weighted by atomic mass is 79.9. The van der Waals surface area contributed by atoms with Gasteiger partial charge < -0.3 is 15.0 Å². The number of benzene rings is 2.